The molecule has 0 aliphatic carbocycles. The van der Waals surface area contributed by atoms with Crippen LogP contribution in [0.25, 0.3) is 5.69 Å². The van der Waals surface area contributed by atoms with Crippen molar-refractivity contribution in [3.8, 4) is 5.69 Å². The zero-order chi connectivity index (χ0) is 16.0. The van der Waals surface area contributed by atoms with E-state index in [1.165, 1.54) is 33.1 Å². The van der Waals surface area contributed by atoms with Gasteiger partial charge in [0.15, 0.2) is 5.16 Å². The summed E-state index contributed by atoms with van der Waals surface area (Å²) in [6, 6.07) is 12.0. The van der Waals surface area contributed by atoms with E-state index >= 15 is 0 Å². The lowest BCUT2D eigenvalue weighted by Crippen LogP contribution is -2.27. The third kappa shape index (κ3) is 2.37. The van der Waals surface area contributed by atoms with Crippen LogP contribution < -0.4 is 5.69 Å². The molecule has 0 amide bonds. The molecule has 116 valence electrons. The molecule has 23 heavy (non-hydrogen) atoms. The zero-order valence-corrected chi connectivity index (χ0v) is 12.6. The second-order valence-electron chi connectivity index (χ2n) is 5.21. The van der Waals surface area contributed by atoms with Gasteiger partial charge in [-0.25, -0.2) is 13.6 Å². The fourth-order valence-corrected chi connectivity index (χ4v) is 3.84. The van der Waals surface area contributed by atoms with Crippen LogP contribution in [0.3, 0.4) is 0 Å². The Kier molecular flexibility index (Phi) is 3.30. The van der Waals surface area contributed by atoms with Crippen molar-refractivity contribution in [1.82, 2.24) is 14.3 Å². The van der Waals surface area contributed by atoms with Gasteiger partial charge in [-0.2, -0.15) is 4.68 Å². The van der Waals surface area contributed by atoms with E-state index in [1.807, 2.05) is 18.2 Å². The summed E-state index contributed by atoms with van der Waals surface area (Å²) in [7, 11) is 0. The molecule has 4 rings (SSSR count). The Hall–Kier alpha value is -2.41. The van der Waals surface area contributed by atoms with E-state index in [2.05, 4.69) is 5.10 Å². The molecule has 3 aromatic rings. The first-order valence-electron chi connectivity index (χ1n) is 6.99. The number of hydrogen-bond acceptors (Lipinski definition) is 3. The second kappa shape index (κ2) is 5.34. The van der Waals surface area contributed by atoms with Gasteiger partial charge in [-0.3, -0.25) is 4.57 Å². The van der Waals surface area contributed by atoms with Gasteiger partial charge in [0.25, 0.3) is 0 Å². The minimum atomic E-state index is -0.651. The van der Waals surface area contributed by atoms with E-state index in [4.69, 9.17) is 0 Å². The van der Waals surface area contributed by atoms with Crippen LogP contribution >= 0.6 is 11.8 Å². The quantitative estimate of drug-likeness (QED) is 0.725. The van der Waals surface area contributed by atoms with Crippen molar-refractivity contribution in [2.24, 2.45) is 0 Å². The highest BCUT2D eigenvalue weighted by atomic mass is 32.2. The van der Waals surface area contributed by atoms with Crippen LogP contribution in [0, 0.1) is 11.6 Å². The first kappa shape index (κ1) is 14.2. The summed E-state index contributed by atoms with van der Waals surface area (Å²) in [5, 5.41) is 4.87. The normalized spacial score (nSPS) is 16.5. The van der Waals surface area contributed by atoms with Gasteiger partial charge < -0.3 is 0 Å². The molecule has 1 aliphatic rings. The Morgan fingerprint density at radius 2 is 1.78 bits per heavy atom. The minimum Gasteiger partial charge on any atom is -0.261 e. The molecule has 2 heterocycles. The van der Waals surface area contributed by atoms with Crippen molar-refractivity contribution in [1.29, 1.82) is 0 Å². The van der Waals surface area contributed by atoms with Gasteiger partial charge in [-0.1, -0.05) is 30.0 Å². The molecular weight excluding hydrogens is 320 g/mol. The molecule has 0 saturated heterocycles. The molecule has 1 aliphatic heterocycles. The molecule has 1 atom stereocenters. The third-order valence-corrected chi connectivity index (χ3v) is 4.75. The summed E-state index contributed by atoms with van der Waals surface area (Å²) in [6.07, 6.45) is 0. The number of fused-ring (bicyclic) bond motifs is 1. The van der Waals surface area contributed by atoms with Crippen molar-refractivity contribution in [2.45, 2.75) is 11.2 Å². The maximum Gasteiger partial charge on any atom is 0.352 e. The Labute approximate surface area is 134 Å². The summed E-state index contributed by atoms with van der Waals surface area (Å²) in [6.45, 7) is 0. The molecule has 0 radical (unpaired) electrons. The van der Waals surface area contributed by atoms with Crippen LogP contribution in [0.2, 0.25) is 0 Å². The van der Waals surface area contributed by atoms with Crippen molar-refractivity contribution < 1.29 is 8.78 Å². The van der Waals surface area contributed by atoms with Gasteiger partial charge in [0, 0.05) is 11.8 Å². The van der Waals surface area contributed by atoms with Crippen LogP contribution in [0.5, 0.6) is 0 Å². The maximum atomic E-state index is 13.5. The molecule has 7 heteroatoms. The molecule has 0 bridgehead atoms. The highest BCUT2D eigenvalue weighted by molar-refractivity contribution is 7.99. The van der Waals surface area contributed by atoms with Gasteiger partial charge in [0.05, 0.1) is 11.7 Å². The zero-order valence-electron chi connectivity index (χ0n) is 11.8. The lowest BCUT2D eigenvalue weighted by atomic mass is 10.1. The van der Waals surface area contributed by atoms with E-state index in [-0.39, 0.29) is 5.69 Å². The first-order chi connectivity index (χ1) is 11.1. The van der Waals surface area contributed by atoms with E-state index < -0.39 is 17.7 Å². The molecule has 4 nitrogen and oxygen atoms in total. The standard InChI is InChI=1S/C16H11F2N3OS/c17-11-6-10(7-12(18)8-11)14-9-23-15-19-21(16(22)20(14)15)13-4-2-1-3-5-13/h1-8,14H,9H2/t14-/m0/s1. The van der Waals surface area contributed by atoms with Crippen LogP contribution in [0.1, 0.15) is 11.6 Å². The van der Waals surface area contributed by atoms with Crippen LogP contribution in [0.4, 0.5) is 8.78 Å². The number of thioether (sulfide) groups is 1. The third-order valence-electron chi connectivity index (χ3n) is 3.73. The van der Waals surface area contributed by atoms with E-state index in [1.54, 1.807) is 12.1 Å². The highest BCUT2D eigenvalue weighted by Gasteiger charge is 2.30. The molecule has 0 fully saturated rings. The van der Waals surface area contributed by atoms with Gasteiger partial charge in [-0.15, -0.1) is 5.10 Å². The predicted molar refractivity (Wildman–Crippen MR) is 83.0 cm³/mol. The molecule has 1 aromatic heterocycles. The summed E-state index contributed by atoms with van der Waals surface area (Å²) < 4.78 is 29.7. The monoisotopic (exact) mass is 331 g/mol. The molecular formula is C16H11F2N3OS. The van der Waals surface area contributed by atoms with Crippen molar-refractivity contribution in [2.75, 3.05) is 5.75 Å². The summed E-state index contributed by atoms with van der Waals surface area (Å²) >= 11 is 1.40. The average molecular weight is 331 g/mol. The Morgan fingerprint density at radius 3 is 2.48 bits per heavy atom. The predicted octanol–water partition coefficient (Wildman–Crippen LogP) is 3.01. The fraction of sp³-hybridized carbons (Fsp3) is 0.125. The highest BCUT2D eigenvalue weighted by Crippen LogP contribution is 2.35. The van der Waals surface area contributed by atoms with E-state index in [0.29, 0.717) is 22.2 Å². The fourth-order valence-electron chi connectivity index (χ4n) is 2.70. The lowest BCUT2D eigenvalue weighted by molar-refractivity contribution is 0.555. The van der Waals surface area contributed by atoms with Crippen molar-refractivity contribution >= 4 is 11.8 Å². The Balaban J connectivity index is 1.83. The van der Waals surface area contributed by atoms with Gasteiger partial charge in [0.2, 0.25) is 0 Å². The SMILES string of the molecule is O=c1n(-c2ccccc2)nc2n1[C@H](c1cc(F)cc(F)c1)CS2. The second-order valence-corrected chi connectivity index (χ2v) is 6.20. The maximum absolute atomic E-state index is 13.5. The van der Waals surface area contributed by atoms with E-state index in [9.17, 15) is 13.6 Å². The lowest BCUT2D eigenvalue weighted by Gasteiger charge is -2.11. The Morgan fingerprint density at radius 1 is 1.09 bits per heavy atom. The topological polar surface area (TPSA) is 39.8 Å². The number of aromatic nitrogens is 3. The number of para-hydroxylation sites is 1. The van der Waals surface area contributed by atoms with E-state index in [0.717, 1.165) is 6.07 Å². The number of rotatable bonds is 2. The number of nitrogens with zero attached hydrogens (tertiary/aromatic N) is 3. The van der Waals surface area contributed by atoms with Crippen LogP contribution in [-0.4, -0.2) is 20.1 Å². The number of hydrogen-bond donors (Lipinski definition) is 0. The average Bonchev–Trinajstić information content (AvgIpc) is 3.08. The van der Waals surface area contributed by atoms with Gasteiger partial charge in [-0.05, 0) is 29.8 Å². The number of benzene rings is 2. The largest absolute Gasteiger partial charge is 0.352 e. The van der Waals surface area contributed by atoms with Crippen LogP contribution in [-0.2, 0) is 0 Å². The number of halogens is 2. The molecule has 0 N–H and O–H groups in total. The molecule has 2 aromatic carbocycles. The van der Waals surface area contributed by atoms with Crippen molar-refractivity contribution in [3.05, 3.63) is 76.2 Å². The van der Waals surface area contributed by atoms with Gasteiger partial charge >= 0.3 is 5.69 Å². The van der Waals surface area contributed by atoms with Gasteiger partial charge in [0.1, 0.15) is 11.6 Å². The van der Waals surface area contributed by atoms with Crippen molar-refractivity contribution in [3.63, 3.8) is 0 Å². The minimum absolute atomic E-state index is 0.314. The van der Waals surface area contributed by atoms with Crippen LogP contribution in [0.15, 0.2) is 58.5 Å². The molecule has 0 saturated carbocycles. The Bertz CT molecular complexity index is 916. The first-order valence-corrected chi connectivity index (χ1v) is 7.98. The summed E-state index contributed by atoms with van der Waals surface area (Å²) in [4.78, 5) is 12.7. The summed E-state index contributed by atoms with van der Waals surface area (Å²) in [5.74, 6) is -0.778. The smallest absolute Gasteiger partial charge is 0.261 e. The molecule has 0 unspecified atom stereocenters. The summed E-state index contributed by atoms with van der Waals surface area (Å²) in [5.41, 5.74) is 0.776. The molecule has 0 spiro atoms.